The monoisotopic (exact) mass is 497 g/mol. The van der Waals surface area contributed by atoms with Gasteiger partial charge in [-0.05, 0) is 74.9 Å². The van der Waals surface area contributed by atoms with Gasteiger partial charge < -0.3 is 10.1 Å². The van der Waals surface area contributed by atoms with Gasteiger partial charge in [-0.1, -0.05) is 46.3 Å². The fraction of sp³-hybridized carbons (Fsp3) is 0.0870. The van der Waals surface area contributed by atoms with Gasteiger partial charge in [0, 0.05) is 21.8 Å². The molecule has 0 aromatic heterocycles. The predicted octanol–water partition coefficient (Wildman–Crippen LogP) is 6.44. The molecule has 3 nitrogen and oxygen atoms in total. The predicted molar refractivity (Wildman–Crippen MR) is 121 cm³/mol. The third-order valence-corrected chi connectivity index (χ3v) is 5.76. The van der Waals surface area contributed by atoms with Gasteiger partial charge in [-0.3, -0.25) is 4.79 Å². The number of carbonyl (C=O) groups is 1. The van der Waals surface area contributed by atoms with Crippen LogP contribution in [0.2, 0.25) is 0 Å². The van der Waals surface area contributed by atoms with Gasteiger partial charge in [0.05, 0.1) is 11.6 Å². The molecule has 0 unspecified atom stereocenters. The Morgan fingerprint density at radius 2 is 1.82 bits per heavy atom. The minimum absolute atomic E-state index is 0.186. The van der Waals surface area contributed by atoms with Crippen LogP contribution in [-0.4, -0.2) is 13.0 Å². The summed E-state index contributed by atoms with van der Waals surface area (Å²) in [5.41, 5.74) is 6.69. The molecule has 1 aliphatic rings. The maximum absolute atomic E-state index is 12.4. The lowest BCUT2D eigenvalue weighted by molar-refractivity contribution is -0.111. The Balaban J connectivity index is 1.51. The molecule has 0 saturated heterocycles. The Morgan fingerprint density at radius 3 is 2.64 bits per heavy atom. The lowest BCUT2D eigenvalue weighted by Gasteiger charge is -2.08. The second-order valence-corrected chi connectivity index (χ2v) is 8.31. The third kappa shape index (κ3) is 3.77. The number of benzene rings is 3. The zero-order valence-electron chi connectivity index (χ0n) is 15.1. The van der Waals surface area contributed by atoms with Crippen LogP contribution in [-0.2, 0) is 11.2 Å². The highest BCUT2D eigenvalue weighted by atomic mass is 79.9. The van der Waals surface area contributed by atoms with E-state index in [9.17, 15) is 4.79 Å². The highest BCUT2D eigenvalue weighted by Crippen LogP contribution is 2.37. The summed E-state index contributed by atoms with van der Waals surface area (Å²) in [6, 6.07) is 18.3. The average Bonchev–Trinajstić information content (AvgIpc) is 3.03. The van der Waals surface area contributed by atoms with E-state index in [1.807, 2.05) is 18.2 Å². The number of hydrogen-bond donors (Lipinski definition) is 1. The smallest absolute Gasteiger partial charge is 0.248 e. The molecule has 5 heteroatoms. The summed E-state index contributed by atoms with van der Waals surface area (Å²) >= 11 is 6.93. The molecule has 0 spiro atoms. The quantitative estimate of drug-likeness (QED) is 0.328. The van der Waals surface area contributed by atoms with Crippen LogP contribution in [0.15, 0.2) is 69.6 Å². The molecule has 0 aliphatic heterocycles. The molecular formula is C23H17Br2NO2. The Morgan fingerprint density at radius 1 is 1.04 bits per heavy atom. The van der Waals surface area contributed by atoms with Crippen molar-refractivity contribution in [1.29, 1.82) is 0 Å². The van der Waals surface area contributed by atoms with Crippen LogP contribution in [0.3, 0.4) is 0 Å². The molecule has 0 fully saturated rings. The second-order valence-electron chi connectivity index (χ2n) is 6.54. The first-order valence-corrected chi connectivity index (χ1v) is 10.4. The van der Waals surface area contributed by atoms with Crippen LogP contribution in [0.1, 0.15) is 16.7 Å². The van der Waals surface area contributed by atoms with E-state index in [1.165, 1.54) is 28.3 Å². The highest BCUT2D eigenvalue weighted by molar-refractivity contribution is 9.11. The molecule has 1 amide bonds. The normalized spacial score (nSPS) is 12.0. The summed E-state index contributed by atoms with van der Waals surface area (Å²) in [5.74, 6) is 0.496. The standard InChI is InChI=1S/C23H17Br2NO2/c1-28-23-15(11-17(24)13-21(23)25)6-9-22(27)26-18-7-8-20-16(12-18)10-14-4-2-3-5-19(14)20/h2-9,11-13H,10H2,1H3,(H,26,27)/b9-6+. The number of rotatable bonds is 4. The van der Waals surface area contributed by atoms with E-state index in [2.05, 4.69) is 73.6 Å². The lowest BCUT2D eigenvalue weighted by atomic mass is 10.1. The largest absolute Gasteiger partial charge is 0.495 e. The number of methoxy groups -OCH3 is 1. The van der Waals surface area contributed by atoms with Crippen molar-refractivity contribution in [3.8, 4) is 16.9 Å². The molecule has 0 bridgehead atoms. The van der Waals surface area contributed by atoms with E-state index in [0.717, 1.165) is 26.6 Å². The number of hydrogen-bond acceptors (Lipinski definition) is 2. The SMILES string of the molecule is COc1c(Br)cc(Br)cc1/C=C/C(=O)Nc1ccc2c(c1)Cc1ccccc1-2. The van der Waals surface area contributed by atoms with Crippen LogP contribution in [0.25, 0.3) is 17.2 Å². The van der Waals surface area contributed by atoms with Crippen molar-refractivity contribution < 1.29 is 9.53 Å². The van der Waals surface area contributed by atoms with Crippen molar-refractivity contribution in [3.63, 3.8) is 0 Å². The molecule has 0 heterocycles. The zero-order valence-corrected chi connectivity index (χ0v) is 18.3. The number of fused-ring (bicyclic) bond motifs is 3. The average molecular weight is 499 g/mol. The van der Waals surface area contributed by atoms with Crippen LogP contribution >= 0.6 is 31.9 Å². The molecular weight excluding hydrogens is 482 g/mol. The Labute approximate surface area is 180 Å². The maximum Gasteiger partial charge on any atom is 0.248 e. The van der Waals surface area contributed by atoms with Crippen molar-refractivity contribution in [2.75, 3.05) is 12.4 Å². The molecule has 28 heavy (non-hydrogen) atoms. The van der Waals surface area contributed by atoms with E-state index in [1.54, 1.807) is 13.2 Å². The molecule has 3 aromatic carbocycles. The van der Waals surface area contributed by atoms with E-state index < -0.39 is 0 Å². The molecule has 0 saturated carbocycles. The molecule has 3 aromatic rings. The number of amides is 1. The number of carbonyl (C=O) groups excluding carboxylic acids is 1. The van der Waals surface area contributed by atoms with Gasteiger partial charge in [-0.2, -0.15) is 0 Å². The highest BCUT2D eigenvalue weighted by Gasteiger charge is 2.18. The van der Waals surface area contributed by atoms with Crippen molar-refractivity contribution in [1.82, 2.24) is 0 Å². The molecule has 140 valence electrons. The van der Waals surface area contributed by atoms with Crippen LogP contribution < -0.4 is 10.1 Å². The zero-order chi connectivity index (χ0) is 19.7. The summed E-state index contributed by atoms with van der Waals surface area (Å²) in [6.07, 6.45) is 4.15. The van der Waals surface area contributed by atoms with Crippen LogP contribution in [0, 0.1) is 0 Å². The van der Waals surface area contributed by atoms with Gasteiger partial charge in [0.25, 0.3) is 0 Å². The van der Waals surface area contributed by atoms with E-state index in [-0.39, 0.29) is 5.91 Å². The van der Waals surface area contributed by atoms with Crippen molar-refractivity contribution in [2.45, 2.75) is 6.42 Å². The van der Waals surface area contributed by atoms with E-state index in [4.69, 9.17) is 4.74 Å². The van der Waals surface area contributed by atoms with Gasteiger partial charge in [0.2, 0.25) is 5.91 Å². The number of nitrogens with one attached hydrogen (secondary N) is 1. The molecule has 1 N–H and O–H groups in total. The molecule has 1 aliphatic carbocycles. The first-order valence-electron chi connectivity index (χ1n) is 8.78. The first-order chi connectivity index (χ1) is 13.5. The van der Waals surface area contributed by atoms with Gasteiger partial charge in [-0.15, -0.1) is 0 Å². The van der Waals surface area contributed by atoms with E-state index >= 15 is 0 Å². The van der Waals surface area contributed by atoms with Crippen molar-refractivity contribution in [3.05, 3.63) is 86.3 Å². The van der Waals surface area contributed by atoms with Crippen molar-refractivity contribution in [2.24, 2.45) is 0 Å². The van der Waals surface area contributed by atoms with Gasteiger partial charge >= 0.3 is 0 Å². The molecule has 0 atom stereocenters. The first kappa shape index (κ1) is 19.0. The molecule has 4 rings (SSSR count). The number of halogens is 2. The van der Waals surface area contributed by atoms with Gasteiger partial charge in [-0.25, -0.2) is 0 Å². The second kappa shape index (κ2) is 7.94. The number of anilines is 1. The van der Waals surface area contributed by atoms with Crippen LogP contribution in [0.4, 0.5) is 5.69 Å². The Kier molecular flexibility index (Phi) is 5.38. The summed E-state index contributed by atoms with van der Waals surface area (Å²) in [6.45, 7) is 0. The minimum atomic E-state index is -0.186. The summed E-state index contributed by atoms with van der Waals surface area (Å²) in [4.78, 5) is 12.4. The lowest BCUT2D eigenvalue weighted by Crippen LogP contribution is -2.08. The fourth-order valence-electron chi connectivity index (χ4n) is 3.49. The fourth-order valence-corrected chi connectivity index (χ4v) is 4.91. The van der Waals surface area contributed by atoms with E-state index in [0.29, 0.717) is 5.75 Å². The summed E-state index contributed by atoms with van der Waals surface area (Å²) in [7, 11) is 1.61. The van der Waals surface area contributed by atoms with Gasteiger partial charge in [0.1, 0.15) is 5.75 Å². The summed E-state index contributed by atoms with van der Waals surface area (Å²) < 4.78 is 7.14. The molecule has 0 radical (unpaired) electrons. The summed E-state index contributed by atoms with van der Waals surface area (Å²) in [5, 5.41) is 2.95. The Hall–Kier alpha value is -2.37. The van der Waals surface area contributed by atoms with Crippen LogP contribution in [0.5, 0.6) is 5.75 Å². The minimum Gasteiger partial charge on any atom is -0.495 e. The topological polar surface area (TPSA) is 38.3 Å². The van der Waals surface area contributed by atoms with Gasteiger partial charge in [0.15, 0.2) is 0 Å². The number of ether oxygens (including phenoxy) is 1. The third-order valence-electron chi connectivity index (χ3n) is 4.72. The maximum atomic E-state index is 12.4. The van der Waals surface area contributed by atoms with Crippen molar-refractivity contribution >= 4 is 49.5 Å². The Bertz CT molecular complexity index is 1110.